The van der Waals surface area contributed by atoms with E-state index in [0.717, 1.165) is 17.7 Å². The van der Waals surface area contributed by atoms with Crippen molar-refractivity contribution in [3.63, 3.8) is 0 Å². The predicted octanol–water partition coefficient (Wildman–Crippen LogP) is 6.28. The second-order valence-corrected chi connectivity index (χ2v) is 5.60. The third-order valence-electron chi connectivity index (χ3n) is 2.70. The van der Waals surface area contributed by atoms with Crippen LogP contribution in [0.2, 0.25) is 15.1 Å². The standard InChI is InChI=1S/C14H9Cl3F3N/c15-10-3-8(4-11(16)6-10)7-21-13-2-1-9(5-12(13)17)14(18,19)20/h1-6,21H,7H2. The minimum atomic E-state index is -4.41. The summed E-state index contributed by atoms with van der Waals surface area (Å²) in [6.07, 6.45) is -4.41. The molecule has 0 aliphatic heterocycles. The van der Waals surface area contributed by atoms with E-state index < -0.39 is 11.7 Å². The highest BCUT2D eigenvalue weighted by Crippen LogP contribution is 2.34. The molecule has 0 saturated carbocycles. The molecule has 21 heavy (non-hydrogen) atoms. The van der Waals surface area contributed by atoms with E-state index in [0.29, 0.717) is 22.3 Å². The Morgan fingerprint density at radius 1 is 0.905 bits per heavy atom. The van der Waals surface area contributed by atoms with Gasteiger partial charge in [-0.2, -0.15) is 13.2 Å². The molecule has 7 heteroatoms. The molecular formula is C14H9Cl3F3N. The number of rotatable bonds is 3. The van der Waals surface area contributed by atoms with Gasteiger partial charge in [-0.15, -0.1) is 0 Å². The van der Waals surface area contributed by atoms with E-state index in [1.54, 1.807) is 18.2 Å². The quantitative estimate of drug-likeness (QED) is 0.684. The first kappa shape index (κ1) is 16.3. The predicted molar refractivity (Wildman–Crippen MR) is 80.2 cm³/mol. The average molecular weight is 355 g/mol. The van der Waals surface area contributed by atoms with Crippen molar-refractivity contribution in [2.45, 2.75) is 12.7 Å². The number of benzene rings is 2. The highest BCUT2D eigenvalue weighted by Gasteiger charge is 2.30. The summed E-state index contributed by atoms with van der Waals surface area (Å²) in [6.45, 7) is 0.339. The first-order valence-corrected chi connectivity index (χ1v) is 6.94. The fourth-order valence-corrected chi connectivity index (χ4v) is 2.56. The summed E-state index contributed by atoms with van der Waals surface area (Å²) < 4.78 is 37.6. The summed E-state index contributed by atoms with van der Waals surface area (Å²) in [7, 11) is 0. The highest BCUT2D eigenvalue weighted by atomic mass is 35.5. The summed E-state index contributed by atoms with van der Waals surface area (Å²) in [5.41, 5.74) is 0.410. The number of nitrogens with one attached hydrogen (secondary N) is 1. The summed E-state index contributed by atoms with van der Waals surface area (Å²) in [4.78, 5) is 0. The zero-order valence-electron chi connectivity index (χ0n) is 10.4. The van der Waals surface area contributed by atoms with Gasteiger partial charge in [-0.1, -0.05) is 34.8 Å². The maximum Gasteiger partial charge on any atom is 0.416 e. The van der Waals surface area contributed by atoms with Crippen LogP contribution in [0.1, 0.15) is 11.1 Å². The molecule has 0 amide bonds. The topological polar surface area (TPSA) is 12.0 Å². The third-order valence-corrected chi connectivity index (χ3v) is 3.45. The van der Waals surface area contributed by atoms with E-state index in [-0.39, 0.29) is 5.02 Å². The Labute approximate surface area is 134 Å². The lowest BCUT2D eigenvalue weighted by Gasteiger charge is -2.12. The van der Waals surface area contributed by atoms with Crippen LogP contribution in [-0.2, 0) is 12.7 Å². The molecule has 2 rings (SSSR count). The number of hydrogen-bond acceptors (Lipinski definition) is 1. The molecule has 0 heterocycles. The third kappa shape index (κ3) is 4.43. The Morgan fingerprint density at radius 2 is 1.52 bits per heavy atom. The molecule has 0 atom stereocenters. The van der Waals surface area contributed by atoms with Gasteiger partial charge in [-0.3, -0.25) is 0 Å². The summed E-state index contributed by atoms with van der Waals surface area (Å²) in [5.74, 6) is 0. The van der Waals surface area contributed by atoms with Gasteiger partial charge >= 0.3 is 6.18 Å². The molecule has 0 spiro atoms. The normalized spacial score (nSPS) is 11.5. The Bertz CT molecular complexity index is 636. The van der Waals surface area contributed by atoms with E-state index in [2.05, 4.69) is 5.32 Å². The first-order valence-electron chi connectivity index (χ1n) is 5.81. The molecule has 0 aliphatic carbocycles. The van der Waals surface area contributed by atoms with Crippen LogP contribution in [0.15, 0.2) is 36.4 Å². The molecule has 0 bridgehead atoms. The molecular weight excluding hydrogens is 346 g/mol. The SMILES string of the molecule is FC(F)(F)c1ccc(NCc2cc(Cl)cc(Cl)c2)c(Cl)c1. The number of hydrogen-bond donors (Lipinski definition) is 1. The van der Waals surface area contributed by atoms with Crippen molar-refractivity contribution in [1.82, 2.24) is 0 Å². The van der Waals surface area contributed by atoms with Gasteiger partial charge in [-0.05, 0) is 42.0 Å². The van der Waals surface area contributed by atoms with Crippen LogP contribution in [0.4, 0.5) is 18.9 Å². The second kappa shape index (κ2) is 6.34. The van der Waals surface area contributed by atoms with Gasteiger partial charge in [0.1, 0.15) is 0 Å². The molecule has 1 nitrogen and oxygen atoms in total. The lowest BCUT2D eigenvalue weighted by molar-refractivity contribution is -0.137. The van der Waals surface area contributed by atoms with Gasteiger partial charge < -0.3 is 5.32 Å². The number of alkyl halides is 3. The Hall–Kier alpha value is -1.10. The fraction of sp³-hybridized carbons (Fsp3) is 0.143. The zero-order valence-corrected chi connectivity index (χ0v) is 12.7. The molecule has 0 unspecified atom stereocenters. The van der Waals surface area contributed by atoms with E-state index in [9.17, 15) is 13.2 Å². The summed E-state index contributed by atoms with van der Waals surface area (Å²) >= 11 is 17.6. The van der Waals surface area contributed by atoms with Crippen molar-refractivity contribution in [2.24, 2.45) is 0 Å². The molecule has 2 aromatic carbocycles. The maximum atomic E-state index is 12.5. The van der Waals surface area contributed by atoms with E-state index in [1.807, 2.05) is 0 Å². The lowest BCUT2D eigenvalue weighted by atomic mass is 10.2. The van der Waals surface area contributed by atoms with Gasteiger partial charge in [0.25, 0.3) is 0 Å². The molecule has 0 radical (unpaired) electrons. The van der Waals surface area contributed by atoms with Gasteiger partial charge in [0.2, 0.25) is 0 Å². The molecule has 2 aromatic rings. The van der Waals surface area contributed by atoms with Crippen LogP contribution in [0.25, 0.3) is 0 Å². The van der Waals surface area contributed by atoms with Crippen molar-refractivity contribution in [3.05, 3.63) is 62.6 Å². The largest absolute Gasteiger partial charge is 0.416 e. The van der Waals surface area contributed by atoms with Crippen LogP contribution in [-0.4, -0.2) is 0 Å². The van der Waals surface area contributed by atoms with Crippen LogP contribution < -0.4 is 5.32 Å². The van der Waals surface area contributed by atoms with Crippen molar-refractivity contribution >= 4 is 40.5 Å². The Balaban J connectivity index is 2.13. The van der Waals surface area contributed by atoms with Gasteiger partial charge in [0.15, 0.2) is 0 Å². The van der Waals surface area contributed by atoms with Crippen LogP contribution in [0.5, 0.6) is 0 Å². The Kier molecular flexibility index (Phi) is 4.91. The molecule has 0 fully saturated rings. The first-order chi connectivity index (χ1) is 9.75. The van der Waals surface area contributed by atoms with Crippen molar-refractivity contribution in [3.8, 4) is 0 Å². The summed E-state index contributed by atoms with van der Waals surface area (Å²) in [5, 5.41) is 3.91. The highest BCUT2D eigenvalue weighted by molar-refractivity contribution is 6.34. The molecule has 112 valence electrons. The molecule has 0 aromatic heterocycles. The van der Waals surface area contributed by atoms with Crippen molar-refractivity contribution < 1.29 is 13.2 Å². The monoisotopic (exact) mass is 353 g/mol. The minimum Gasteiger partial charge on any atom is -0.380 e. The van der Waals surface area contributed by atoms with E-state index in [4.69, 9.17) is 34.8 Å². The molecule has 0 saturated heterocycles. The molecule has 0 aliphatic rings. The second-order valence-electron chi connectivity index (χ2n) is 4.32. The maximum absolute atomic E-state index is 12.5. The van der Waals surface area contributed by atoms with Gasteiger partial charge in [0.05, 0.1) is 16.3 Å². The van der Waals surface area contributed by atoms with Crippen LogP contribution in [0, 0.1) is 0 Å². The van der Waals surface area contributed by atoms with Crippen LogP contribution >= 0.6 is 34.8 Å². The van der Waals surface area contributed by atoms with Crippen molar-refractivity contribution in [2.75, 3.05) is 5.32 Å². The molecule has 1 N–H and O–H groups in total. The smallest absolute Gasteiger partial charge is 0.380 e. The summed E-state index contributed by atoms with van der Waals surface area (Å²) in [6, 6.07) is 8.15. The number of halogens is 6. The van der Waals surface area contributed by atoms with Gasteiger partial charge in [-0.25, -0.2) is 0 Å². The minimum absolute atomic E-state index is 0.00190. The van der Waals surface area contributed by atoms with Crippen LogP contribution in [0.3, 0.4) is 0 Å². The average Bonchev–Trinajstić information content (AvgIpc) is 2.35. The fourth-order valence-electron chi connectivity index (χ4n) is 1.75. The lowest BCUT2D eigenvalue weighted by Crippen LogP contribution is -2.06. The number of anilines is 1. The Morgan fingerprint density at radius 3 is 2.05 bits per heavy atom. The van der Waals surface area contributed by atoms with E-state index >= 15 is 0 Å². The van der Waals surface area contributed by atoms with E-state index in [1.165, 1.54) is 6.07 Å². The van der Waals surface area contributed by atoms with Gasteiger partial charge in [0, 0.05) is 16.6 Å². The zero-order chi connectivity index (χ0) is 15.6. The van der Waals surface area contributed by atoms with Crippen molar-refractivity contribution in [1.29, 1.82) is 0 Å².